The van der Waals surface area contributed by atoms with E-state index in [2.05, 4.69) is 19.9 Å². The average molecular weight is 527 g/mol. The summed E-state index contributed by atoms with van der Waals surface area (Å²) in [4.78, 5) is 20.5. The predicted octanol–water partition coefficient (Wildman–Crippen LogP) is 5.15. The van der Waals surface area contributed by atoms with Gasteiger partial charge in [-0.3, -0.25) is 0 Å². The molecule has 2 fully saturated rings. The molecule has 37 heavy (non-hydrogen) atoms. The van der Waals surface area contributed by atoms with Crippen molar-refractivity contribution in [1.82, 2.24) is 19.9 Å². The molecule has 0 amide bonds. The Labute approximate surface area is 215 Å². The second kappa shape index (κ2) is 8.32. The molecule has 4 aromatic rings. The molecule has 3 atom stereocenters. The Morgan fingerprint density at radius 3 is 2.70 bits per heavy atom. The number of morpholine rings is 1. The minimum atomic E-state index is -4.56. The number of alkyl halides is 3. The lowest BCUT2D eigenvalue weighted by molar-refractivity contribution is -0.141. The molecule has 0 spiro atoms. The number of H-pyrrole nitrogens is 1. The smallest absolute Gasteiger partial charge is 0.374 e. The molecule has 2 bridgehead atoms. The number of rotatable bonds is 3. The lowest BCUT2D eigenvalue weighted by Crippen LogP contribution is -2.38. The fourth-order valence-electron chi connectivity index (χ4n) is 5.88. The van der Waals surface area contributed by atoms with Gasteiger partial charge < -0.3 is 19.5 Å². The van der Waals surface area contributed by atoms with Crippen molar-refractivity contribution in [2.75, 3.05) is 29.5 Å². The summed E-state index contributed by atoms with van der Waals surface area (Å²) in [6.07, 6.45) is 0.268. The SMILES string of the molecule is FC(F)(F)c1ccnc(N2CCc3c([nH]c4ccc(Cl)cc34)C2c2ccc(N3C[C@H]4C[C@@H]3CO4)nc2)n1. The summed E-state index contributed by atoms with van der Waals surface area (Å²) in [5.41, 5.74) is 2.76. The first-order chi connectivity index (χ1) is 17.8. The molecule has 7 nitrogen and oxygen atoms in total. The number of aromatic nitrogens is 4. The van der Waals surface area contributed by atoms with E-state index in [4.69, 9.17) is 21.3 Å². The molecule has 2 saturated heterocycles. The zero-order valence-corrected chi connectivity index (χ0v) is 20.3. The van der Waals surface area contributed by atoms with Crippen molar-refractivity contribution in [3.63, 3.8) is 0 Å². The molecule has 3 aliphatic heterocycles. The Hall–Kier alpha value is -3.37. The van der Waals surface area contributed by atoms with Crippen LogP contribution in [-0.2, 0) is 17.3 Å². The van der Waals surface area contributed by atoms with Crippen LogP contribution in [0.4, 0.5) is 24.9 Å². The standard InChI is InChI=1S/C26H22ClF3N6O/c27-15-2-3-20-19(9-15)18-6-8-35(25-31-7-5-21(34-25)26(28,29)30)24(23(18)33-20)14-1-4-22(32-11-14)36-12-17-10-16(36)13-37-17/h1-5,7,9,11,16-17,24,33H,6,8,10,12-13H2/t16-,17-,24?/m1/s1. The second-order valence-electron chi connectivity index (χ2n) is 9.74. The second-order valence-corrected chi connectivity index (χ2v) is 10.2. The highest BCUT2D eigenvalue weighted by atomic mass is 35.5. The van der Waals surface area contributed by atoms with E-state index in [1.54, 1.807) is 6.20 Å². The number of hydrogen-bond acceptors (Lipinski definition) is 6. The highest BCUT2D eigenvalue weighted by Gasteiger charge is 2.40. The molecule has 7 rings (SSSR count). The van der Waals surface area contributed by atoms with Crippen molar-refractivity contribution in [2.45, 2.75) is 37.2 Å². The van der Waals surface area contributed by atoms with Crippen molar-refractivity contribution < 1.29 is 17.9 Å². The Balaban J connectivity index is 1.33. The Bertz CT molecular complexity index is 1490. The molecule has 0 radical (unpaired) electrons. The quantitative estimate of drug-likeness (QED) is 0.398. The van der Waals surface area contributed by atoms with Gasteiger partial charge in [0.1, 0.15) is 11.5 Å². The number of aromatic amines is 1. The van der Waals surface area contributed by atoms with Gasteiger partial charge in [0.25, 0.3) is 0 Å². The van der Waals surface area contributed by atoms with Crippen molar-refractivity contribution in [1.29, 1.82) is 0 Å². The molecule has 190 valence electrons. The number of pyridine rings is 1. The molecule has 0 aliphatic carbocycles. The number of nitrogens with one attached hydrogen (secondary N) is 1. The van der Waals surface area contributed by atoms with Gasteiger partial charge in [0.2, 0.25) is 5.95 Å². The van der Waals surface area contributed by atoms with Crippen LogP contribution in [0.5, 0.6) is 0 Å². The Morgan fingerprint density at radius 2 is 1.97 bits per heavy atom. The molecule has 3 aromatic heterocycles. The molecule has 6 heterocycles. The number of hydrogen-bond donors (Lipinski definition) is 1. The van der Waals surface area contributed by atoms with Crippen molar-refractivity contribution >= 4 is 34.3 Å². The minimum Gasteiger partial charge on any atom is -0.374 e. The van der Waals surface area contributed by atoms with Gasteiger partial charge in [0, 0.05) is 47.1 Å². The van der Waals surface area contributed by atoms with Gasteiger partial charge in [-0.15, -0.1) is 0 Å². The Kier molecular flexibility index (Phi) is 5.13. The Morgan fingerprint density at radius 1 is 1.08 bits per heavy atom. The first-order valence-electron chi connectivity index (χ1n) is 12.2. The fraction of sp³-hybridized carbons (Fsp3) is 0.346. The van der Waals surface area contributed by atoms with Gasteiger partial charge in [-0.1, -0.05) is 17.7 Å². The van der Waals surface area contributed by atoms with Gasteiger partial charge in [-0.25, -0.2) is 15.0 Å². The maximum atomic E-state index is 13.5. The molecule has 1 aromatic carbocycles. The topological polar surface area (TPSA) is 70.2 Å². The first kappa shape index (κ1) is 22.8. The molecule has 1 N–H and O–H groups in total. The van der Waals surface area contributed by atoms with Crippen LogP contribution in [0, 0.1) is 0 Å². The summed E-state index contributed by atoms with van der Waals surface area (Å²) < 4.78 is 46.1. The average Bonchev–Trinajstić information content (AvgIpc) is 3.62. The number of ether oxygens (including phenoxy) is 1. The highest BCUT2D eigenvalue weighted by molar-refractivity contribution is 6.31. The van der Waals surface area contributed by atoms with Crippen LogP contribution in [0.2, 0.25) is 5.02 Å². The van der Waals surface area contributed by atoms with Crippen LogP contribution >= 0.6 is 11.6 Å². The summed E-state index contributed by atoms with van der Waals surface area (Å²) in [5.74, 6) is 0.904. The summed E-state index contributed by atoms with van der Waals surface area (Å²) >= 11 is 6.29. The van der Waals surface area contributed by atoms with E-state index in [-0.39, 0.29) is 12.1 Å². The molecule has 1 unspecified atom stereocenters. The number of benzene rings is 1. The van der Waals surface area contributed by atoms with Crippen LogP contribution < -0.4 is 9.80 Å². The van der Waals surface area contributed by atoms with E-state index in [9.17, 15) is 13.2 Å². The van der Waals surface area contributed by atoms with Crippen LogP contribution in [-0.4, -0.2) is 51.8 Å². The van der Waals surface area contributed by atoms with E-state index >= 15 is 0 Å². The molecular formula is C26H22ClF3N6O. The lowest BCUT2D eigenvalue weighted by Gasteiger charge is -2.36. The normalized spacial score (nSPS) is 23.2. The third-order valence-corrected chi connectivity index (χ3v) is 7.80. The third kappa shape index (κ3) is 3.81. The number of anilines is 2. The largest absolute Gasteiger partial charge is 0.433 e. The van der Waals surface area contributed by atoms with Gasteiger partial charge in [-0.05, 0) is 54.3 Å². The van der Waals surface area contributed by atoms with E-state index in [1.165, 1.54) is 0 Å². The predicted molar refractivity (Wildman–Crippen MR) is 133 cm³/mol. The van der Waals surface area contributed by atoms with E-state index in [1.807, 2.05) is 35.2 Å². The number of nitrogens with zero attached hydrogens (tertiary/aromatic N) is 5. The fourth-order valence-corrected chi connectivity index (χ4v) is 6.05. The maximum Gasteiger partial charge on any atom is 0.433 e. The van der Waals surface area contributed by atoms with Crippen molar-refractivity contribution in [2.24, 2.45) is 0 Å². The lowest BCUT2D eigenvalue weighted by atomic mass is 9.93. The summed E-state index contributed by atoms with van der Waals surface area (Å²) in [6, 6.07) is 10.4. The third-order valence-electron chi connectivity index (χ3n) is 7.56. The van der Waals surface area contributed by atoms with E-state index in [0.29, 0.717) is 30.6 Å². The van der Waals surface area contributed by atoms with Crippen molar-refractivity contribution in [3.8, 4) is 0 Å². The zero-order valence-electron chi connectivity index (χ0n) is 19.5. The molecule has 0 saturated carbocycles. The monoisotopic (exact) mass is 526 g/mol. The first-order valence-corrected chi connectivity index (χ1v) is 12.5. The summed E-state index contributed by atoms with van der Waals surface area (Å²) in [6.45, 7) is 1.96. The highest BCUT2D eigenvalue weighted by Crippen LogP contribution is 2.41. The van der Waals surface area contributed by atoms with Crippen LogP contribution in [0.15, 0.2) is 48.8 Å². The number of fused-ring (bicyclic) bond motifs is 5. The van der Waals surface area contributed by atoms with Gasteiger partial charge in [-0.2, -0.15) is 13.2 Å². The minimum absolute atomic E-state index is 0.0280. The van der Waals surface area contributed by atoms with Crippen LogP contribution in [0.3, 0.4) is 0 Å². The number of halogens is 4. The van der Waals surface area contributed by atoms with Crippen LogP contribution in [0.1, 0.15) is 35.0 Å². The molecular weight excluding hydrogens is 505 g/mol. The van der Waals surface area contributed by atoms with Gasteiger partial charge in [0.05, 0.1) is 24.8 Å². The van der Waals surface area contributed by atoms with Crippen LogP contribution in [0.25, 0.3) is 10.9 Å². The summed E-state index contributed by atoms with van der Waals surface area (Å²) in [5, 5.41) is 1.64. The van der Waals surface area contributed by atoms with E-state index in [0.717, 1.165) is 58.8 Å². The summed E-state index contributed by atoms with van der Waals surface area (Å²) in [7, 11) is 0. The van der Waals surface area contributed by atoms with Gasteiger partial charge in [0.15, 0.2) is 0 Å². The zero-order chi connectivity index (χ0) is 25.3. The van der Waals surface area contributed by atoms with E-state index < -0.39 is 17.9 Å². The molecule has 3 aliphatic rings. The molecule has 11 heteroatoms. The van der Waals surface area contributed by atoms with Crippen molar-refractivity contribution in [3.05, 3.63) is 76.3 Å². The maximum absolute atomic E-state index is 13.5. The van der Waals surface area contributed by atoms with Gasteiger partial charge >= 0.3 is 6.18 Å².